The van der Waals surface area contributed by atoms with Gasteiger partial charge in [-0.2, -0.15) is 26.9 Å². The number of rotatable bonds is 4. The summed E-state index contributed by atoms with van der Waals surface area (Å²) in [6.45, 7) is 0. The number of benzene rings is 1. The molecule has 14 heteroatoms. The highest BCUT2D eigenvalue weighted by molar-refractivity contribution is 7.88. The Morgan fingerprint density at radius 3 is 2.42 bits per heavy atom. The Morgan fingerprint density at radius 1 is 1.50 bits per heavy atom. The first-order chi connectivity index (χ1) is 10.9. The Labute approximate surface area is 136 Å². The maximum atomic E-state index is 12.5. The van der Waals surface area contributed by atoms with Gasteiger partial charge in [-0.05, 0) is 6.07 Å². The van der Waals surface area contributed by atoms with Crippen molar-refractivity contribution in [3.05, 3.63) is 27.1 Å². The van der Waals surface area contributed by atoms with Crippen LogP contribution in [0.2, 0.25) is 5.02 Å². The largest absolute Gasteiger partial charge is 0.534 e. The molecule has 0 aliphatic heterocycles. The van der Waals surface area contributed by atoms with Gasteiger partial charge in [0.05, 0.1) is 9.93 Å². The summed E-state index contributed by atoms with van der Waals surface area (Å²) in [5, 5.41) is 17.3. The summed E-state index contributed by atoms with van der Waals surface area (Å²) in [5.41, 5.74) is -9.12. The average Bonchev–Trinajstić information content (AvgIpc) is 2.45. The number of carbonyl (C=O) groups excluding carboxylic acids is 1. The Hall–Kier alpha value is -2.59. The van der Waals surface area contributed by atoms with E-state index in [0.29, 0.717) is 6.07 Å². The fourth-order valence-corrected chi connectivity index (χ4v) is 2.14. The van der Waals surface area contributed by atoms with Crippen molar-refractivity contribution in [1.29, 1.82) is 5.26 Å². The molecule has 0 saturated heterocycles. The molecule has 0 unspecified atom stereocenters. The molecule has 0 spiro atoms. The average molecular weight is 391 g/mol. The van der Waals surface area contributed by atoms with Crippen LogP contribution in [0.1, 0.15) is 11.1 Å². The van der Waals surface area contributed by atoms with Gasteiger partial charge in [-0.3, -0.25) is 0 Å². The van der Waals surface area contributed by atoms with E-state index in [2.05, 4.69) is 8.92 Å². The van der Waals surface area contributed by atoms with E-state index >= 15 is 0 Å². The van der Waals surface area contributed by atoms with Crippen molar-refractivity contribution in [2.75, 3.05) is 7.11 Å². The molecule has 0 radical (unpaired) electrons. The van der Waals surface area contributed by atoms with Crippen LogP contribution in [0.5, 0.6) is 5.75 Å². The molecule has 1 rings (SSSR count). The zero-order chi connectivity index (χ0) is 18.9. The molecular weight excluding hydrogens is 385 g/mol. The second kappa shape index (κ2) is 6.49. The van der Waals surface area contributed by atoms with Gasteiger partial charge in [0.15, 0.2) is 18.2 Å². The zero-order valence-corrected chi connectivity index (χ0v) is 12.9. The summed E-state index contributed by atoms with van der Waals surface area (Å²) < 4.78 is 67.8. The van der Waals surface area contributed by atoms with Crippen molar-refractivity contribution in [1.82, 2.24) is 0 Å². The fourth-order valence-electron chi connectivity index (χ4n) is 1.42. The highest BCUT2D eigenvalue weighted by atomic mass is 35.5. The second-order valence-electron chi connectivity index (χ2n) is 3.84. The third kappa shape index (κ3) is 3.49. The van der Waals surface area contributed by atoms with Crippen LogP contribution in [0.4, 0.5) is 18.9 Å². The van der Waals surface area contributed by atoms with E-state index in [1.807, 2.05) is 0 Å². The number of nitriles is 1. The lowest BCUT2D eigenvalue weighted by Crippen LogP contribution is -2.29. The lowest BCUT2D eigenvalue weighted by molar-refractivity contribution is -0.730. The smallest absolute Gasteiger partial charge is 0.367 e. The van der Waals surface area contributed by atoms with Gasteiger partial charge in [-0.15, -0.1) is 0 Å². The Morgan fingerprint density at radius 2 is 2.04 bits per heavy atom. The molecule has 0 aromatic heterocycles. The highest BCUT2D eigenvalue weighted by Crippen LogP contribution is 2.41. The predicted octanol–water partition coefficient (Wildman–Crippen LogP) is 1.74. The van der Waals surface area contributed by atoms with Gasteiger partial charge < -0.3 is 13.7 Å². The van der Waals surface area contributed by atoms with Crippen LogP contribution in [0.3, 0.4) is 0 Å². The van der Waals surface area contributed by atoms with Crippen LogP contribution in [0, 0.1) is 16.2 Å². The predicted molar refractivity (Wildman–Crippen MR) is 69.9 cm³/mol. The topological polar surface area (TPSA) is 138 Å². The third-order valence-corrected chi connectivity index (χ3v) is 3.66. The molecule has 0 saturated carbocycles. The monoisotopic (exact) mass is 390 g/mol. The van der Waals surface area contributed by atoms with Crippen molar-refractivity contribution in [3.8, 4) is 11.8 Å². The first-order valence-electron chi connectivity index (χ1n) is 5.41. The highest BCUT2D eigenvalue weighted by Gasteiger charge is 2.51. The zero-order valence-electron chi connectivity index (χ0n) is 11.3. The maximum Gasteiger partial charge on any atom is 0.534 e. The van der Waals surface area contributed by atoms with Crippen LogP contribution in [-0.4, -0.2) is 41.9 Å². The van der Waals surface area contributed by atoms with E-state index in [4.69, 9.17) is 22.1 Å². The van der Waals surface area contributed by atoms with Crippen LogP contribution in [0.25, 0.3) is 0 Å². The van der Waals surface area contributed by atoms with Gasteiger partial charge in [0.1, 0.15) is 6.07 Å². The standard InChI is InChI=1S/C10H5ClF3N2O7S/c1-22-9(17)4-2-6(11)5(3-15)7(16(18)19)8(4)23-24(20,21)10(12,13)14/h2H,1H3,(H,18,19)/q+1/p+1. The number of ether oxygens (including phenoxy) is 1. The SMILES string of the molecule is COC(=[OH+])c1cc(Cl)c(C#N)c([N+](=O)O)c1OS(=O)(=O)C(F)(F)F. The van der Waals surface area contributed by atoms with Crippen molar-refractivity contribution < 1.29 is 45.4 Å². The second-order valence-corrected chi connectivity index (χ2v) is 5.78. The van der Waals surface area contributed by atoms with Gasteiger partial charge in [-0.25, -0.2) is 5.21 Å². The Bertz CT molecular complexity index is 861. The van der Waals surface area contributed by atoms with Crippen LogP contribution >= 0.6 is 11.6 Å². The molecular formula is C10H6ClF3N2O7S+2. The van der Waals surface area contributed by atoms with Gasteiger partial charge in [0.2, 0.25) is 5.75 Å². The van der Waals surface area contributed by atoms with Crippen molar-refractivity contribution >= 4 is 33.4 Å². The molecule has 0 amide bonds. The minimum Gasteiger partial charge on any atom is -0.367 e. The third-order valence-electron chi connectivity index (χ3n) is 2.41. The summed E-state index contributed by atoms with van der Waals surface area (Å²) in [5.74, 6) is -2.71. The minimum absolute atomic E-state index is 0.604. The molecule has 0 bridgehead atoms. The van der Waals surface area contributed by atoms with E-state index in [-0.39, 0.29) is 0 Å². The van der Waals surface area contributed by atoms with E-state index < -0.39 is 54.1 Å². The van der Waals surface area contributed by atoms with Gasteiger partial charge >= 0.3 is 27.3 Å². The molecule has 2 N–H and O–H groups in total. The maximum absolute atomic E-state index is 12.5. The number of nitrogens with zero attached hydrogens (tertiary/aromatic N) is 2. The summed E-state index contributed by atoms with van der Waals surface area (Å²) in [6.07, 6.45) is 0. The fraction of sp³-hybridized carbons (Fsp3) is 0.200. The molecule has 24 heavy (non-hydrogen) atoms. The molecule has 0 heterocycles. The first kappa shape index (κ1) is 19.5. The van der Waals surface area contributed by atoms with Crippen LogP contribution in [-0.2, 0) is 14.9 Å². The number of alkyl halides is 3. The van der Waals surface area contributed by atoms with Crippen LogP contribution in [0.15, 0.2) is 6.07 Å². The quantitative estimate of drug-likeness (QED) is 0.271. The van der Waals surface area contributed by atoms with Crippen LogP contribution < -0.4 is 4.18 Å². The molecule has 0 fully saturated rings. The van der Waals surface area contributed by atoms with E-state index in [1.54, 1.807) is 0 Å². The minimum atomic E-state index is -6.32. The number of esters is 1. The molecule has 130 valence electrons. The van der Waals surface area contributed by atoms with Gasteiger partial charge in [-0.1, -0.05) is 11.6 Å². The van der Waals surface area contributed by atoms with Gasteiger partial charge in [0, 0.05) is 0 Å². The number of halogens is 4. The molecule has 1 aromatic carbocycles. The van der Waals surface area contributed by atoms with E-state index in [0.717, 1.165) is 7.11 Å². The summed E-state index contributed by atoms with van der Waals surface area (Å²) in [7, 11) is -5.47. The number of hydrogen-bond donors (Lipinski definition) is 1. The van der Waals surface area contributed by atoms with Crippen molar-refractivity contribution in [3.63, 3.8) is 0 Å². The molecule has 0 aliphatic rings. The van der Waals surface area contributed by atoms with Crippen molar-refractivity contribution in [2.24, 2.45) is 0 Å². The Balaban J connectivity index is 3.88. The van der Waals surface area contributed by atoms with Crippen molar-refractivity contribution in [2.45, 2.75) is 5.51 Å². The lowest BCUT2D eigenvalue weighted by atomic mass is 10.1. The Kier molecular flexibility index (Phi) is 5.26. The number of methoxy groups -OCH3 is 1. The molecule has 0 aliphatic carbocycles. The molecule has 9 nitrogen and oxygen atoms in total. The summed E-state index contributed by atoms with van der Waals surface area (Å²) in [6, 6.07) is 1.88. The van der Waals surface area contributed by atoms with E-state index in [9.17, 15) is 31.3 Å². The summed E-state index contributed by atoms with van der Waals surface area (Å²) >= 11 is 5.61. The lowest BCUT2D eigenvalue weighted by Gasteiger charge is -2.11. The number of hydrogen-bond acceptors (Lipinski definition) is 6. The molecule has 0 atom stereocenters. The van der Waals surface area contributed by atoms with Gasteiger partial charge in [0.25, 0.3) is 4.92 Å². The normalized spacial score (nSPS) is 11.5. The van der Waals surface area contributed by atoms with E-state index in [1.165, 1.54) is 6.07 Å². The first-order valence-corrected chi connectivity index (χ1v) is 7.19. The molecule has 1 aromatic rings. The summed E-state index contributed by atoms with van der Waals surface area (Å²) in [4.78, 5) is 19.5.